The van der Waals surface area contributed by atoms with Crippen LogP contribution in [0.4, 0.5) is 5.69 Å². The normalized spacial score (nSPS) is 11.6. The number of hydrogen-bond donors (Lipinski definition) is 1. The van der Waals surface area contributed by atoms with Gasteiger partial charge in [0, 0.05) is 12.4 Å². The van der Waals surface area contributed by atoms with Crippen molar-refractivity contribution in [3.63, 3.8) is 0 Å². The fourth-order valence-electron chi connectivity index (χ4n) is 1.97. The first-order chi connectivity index (χ1) is 9.40. The predicted molar refractivity (Wildman–Crippen MR) is 80.3 cm³/mol. The van der Waals surface area contributed by atoms with Crippen LogP contribution in [0.5, 0.6) is 0 Å². The topological polar surface area (TPSA) is 59.1 Å². The largest absolute Gasteiger partial charge is 0.279 e. The van der Waals surface area contributed by atoms with E-state index < -0.39 is 10.0 Å². The fraction of sp³-hybridized carbons (Fsp3) is 0.267. The van der Waals surface area contributed by atoms with E-state index in [1.165, 1.54) is 12.3 Å². The van der Waals surface area contributed by atoms with Gasteiger partial charge in [0.05, 0.1) is 5.69 Å². The van der Waals surface area contributed by atoms with Crippen LogP contribution in [-0.4, -0.2) is 13.4 Å². The van der Waals surface area contributed by atoms with Gasteiger partial charge in [-0.3, -0.25) is 9.71 Å². The van der Waals surface area contributed by atoms with Crippen molar-refractivity contribution in [3.05, 3.63) is 53.9 Å². The first kappa shape index (κ1) is 14.5. The maximum atomic E-state index is 12.3. The number of hydrogen-bond acceptors (Lipinski definition) is 3. The van der Waals surface area contributed by atoms with Crippen LogP contribution in [-0.2, 0) is 10.0 Å². The fourth-order valence-corrected chi connectivity index (χ4v) is 3.01. The van der Waals surface area contributed by atoms with E-state index in [0.717, 1.165) is 11.1 Å². The maximum absolute atomic E-state index is 12.3. The molecule has 0 aliphatic rings. The van der Waals surface area contributed by atoms with Crippen LogP contribution in [0.25, 0.3) is 0 Å². The van der Waals surface area contributed by atoms with Crippen LogP contribution in [0.3, 0.4) is 0 Å². The Kier molecular flexibility index (Phi) is 4.09. The van der Waals surface area contributed by atoms with E-state index in [-0.39, 0.29) is 10.8 Å². The van der Waals surface area contributed by atoms with Gasteiger partial charge in [-0.2, -0.15) is 0 Å². The van der Waals surface area contributed by atoms with Gasteiger partial charge < -0.3 is 0 Å². The summed E-state index contributed by atoms with van der Waals surface area (Å²) in [5.74, 6) is 0.238. The lowest BCUT2D eigenvalue weighted by molar-refractivity contribution is 0.600. The molecule has 5 heteroatoms. The molecule has 0 saturated heterocycles. The molecule has 1 aromatic heterocycles. The highest BCUT2D eigenvalue weighted by Gasteiger charge is 2.17. The number of aryl methyl sites for hydroxylation is 1. The number of pyridine rings is 1. The van der Waals surface area contributed by atoms with Gasteiger partial charge in [-0.05, 0) is 42.2 Å². The average molecular weight is 290 g/mol. The zero-order valence-corrected chi connectivity index (χ0v) is 12.6. The SMILES string of the molecule is Cc1ccc(C(C)C)c(NS(=O)(=O)c2cccnc2)c1. The summed E-state index contributed by atoms with van der Waals surface area (Å²) >= 11 is 0. The van der Waals surface area contributed by atoms with Crippen LogP contribution in [0, 0.1) is 6.92 Å². The highest BCUT2D eigenvalue weighted by atomic mass is 32.2. The van der Waals surface area contributed by atoms with Gasteiger partial charge >= 0.3 is 0 Å². The first-order valence-electron chi connectivity index (χ1n) is 6.43. The summed E-state index contributed by atoms with van der Waals surface area (Å²) in [4.78, 5) is 4.01. The van der Waals surface area contributed by atoms with Crippen LogP contribution >= 0.6 is 0 Å². The Balaban J connectivity index is 2.42. The molecular weight excluding hydrogens is 272 g/mol. The molecule has 0 bridgehead atoms. The van der Waals surface area contributed by atoms with Crippen molar-refractivity contribution in [1.29, 1.82) is 0 Å². The summed E-state index contributed by atoms with van der Waals surface area (Å²) in [6.07, 6.45) is 2.89. The third-order valence-corrected chi connectivity index (χ3v) is 4.37. The minimum Gasteiger partial charge on any atom is -0.279 e. The van der Waals surface area contributed by atoms with Crippen molar-refractivity contribution >= 4 is 15.7 Å². The van der Waals surface area contributed by atoms with E-state index in [4.69, 9.17) is 0 Å². The Morgan fingerprint density at radius 3 is 2.55 bits per heavy atom. The lowest BCUT2D eigenvalue weighted by Crippen LogP contribution is -2.15. The van der Waals surface area contributed by atoms with Gasteiger partial charge in [-0.1, -0.05) is 26.0 Å². The van der Waals surface area contributed by atoms with Crippen molar-refractivity contribution in [1.82, 2.24) is 4.98 Å². The van der Waals surface area contributed by atoms with Gasteiger partial charge in [-0.25, -0.2) is 8.42 Å². The average Bonchev–Trinajstić information content (AvgIpc) is 2.39. The van der Waals surface area contributed by atoms with Crippen LogP contribution in [0.1, 0.15) is 30.9 Å². The molecule has 1 N–H and O–H groups in total. The monoisotopic (exact) mass is 290 g/mol. The molecule has 1 aromatic carbocycles. The summed E-state index contributed by atoms with van der Waals surface area (Å²) in [6, 6.07) is 8.93. The quantitative estimate of drug-likeness (QED) is 0.939. The van der Waals surface area contributed by atoms with Crippen molar-refractivity contribution in [2.24, 2.45) is 0 Å². The number of anilines is 1. The molecule has 0 spiro atoms. The molecule has 2 aromatic rings. The molecule has 0 saturated carbocycles. The molecule has 1 heterocycles. The van der Waals surface area contributed by atoms with Crippen molar-refractivity contribution in [2.45, 2.75) is 31.6 Å². The Hall–Kier alpha value is -1.88. The summed E-state index contributed by atoms with van der Waals surface area (Å²) < 4.78 is 27.3. The molecule has 0 aliphatic heterocycles. The minimum absolute atomic E-state index is 0.163. The molecule has 4 nitrogen and oxygen atoms in total. The molecule has 0 fully saturated rings. The second-order valence-corrected chi connectivity index (χ2v) is 6.72. The van der Waals surface area contributed by atoms with Crippen LogP contribution in [0.2, 0.25) is 0 Å². The van der Waals surface area contributed by atoms with Crippen molar-refractivity contribution in [2.75, 3.05) is 4.72 Å². The zero-order chi connectivity index (χ0) is 14.8. The first-order valence-corrected chi connectivity index (χ1v) is 7.92. The van der Waals surface area contributed by atoms with E-state index in [1.807, 2.05) is 39.0 Å². The van der Waals surface area contributed by atoms with Crippen LogP contribution in [0.15, 0.2) is 47.6 Å². The second kappa shape index (κ2) is 5.63. The van der Waals surface area contributed by atoms with Crippen molar-refractivity contribution < 1.29 is 8.42 Å². The minimum atomic E-state index is -3.60. The molecule has 0 aliphatic carbocycles. The maximum Gasteiger partial charge on any atom is 0.263 e. The van der Waals surface area contributed by atoms with Gasteiger partial charge in [0.15, 0.2) is 0 Å². The lowest BCUT2D eigenvalue weighted by atomic mass is 10.00. The molecule has 2 rings (SSSR count). The number of benzene rings is 1. The smallest absolute Gasteiger partial charge is 0.263 e. The molecule has 0 amide bonds. The van der Waals surface area contributed by atoms with E-state index in [1.54, 1.807) is 12.3 Å². The van der Waals surface area contributed by atoms with Gasteiger partial charge in [0.2, 0.25) is 0 Å². The number of nitrogens with one attached hydrogen (secondary N) is 1. The third kappa shape index (κ3) is 3.17. The summed E-state index contributed by atoms with van der Waals surface area (Å²) in [5.41, 5.74) is 2.62. The van der Waals surface area contributed by atoms with E-state index >= 15 is 0 Å². The standard InChI is InChI=1S/C15H18N2O2S/c1-11(2)14-7-6-12(3)9-15(14)17-20(18,19)13-5-4-8-16-10-13/h4-11,17H,1-3H3. The van der Waals surface area contributed by atoms with Crippen molar-refractivity contribution in [3.8, 4) is 0 Å². The molecular formula is C15H18N2O2S. The lowest BCUT2D eigenvalue weighted by Gasteiger charge is -2.15. The Labute approximate surface area is 119 Å². The third-order valence-electron chi connectivity index (χ3n) is 3.02. The highest BCUT2D eigenvalue weighted by Crippen LogP contribution is 2.27. The van der Waals surface area contributed by atoms with E-state index in [0.29, 0.717) is 5.69 Å². The highest BCUT2D eigenvalue weighted by molar-refractivity contribution is 7.92. The van der Waals surface area contributed by atoms with Crippen LogP contribution < -0.4 is 4.72 Å². The molecule has 0 unspecified atom stereocenters. The van der Waals surface area contributed by atoms with Gasteiger partial charge in [-0.15, -0.1) is 0 Å². The van der Waals surface area contributed by atoms with Gasteiger partial charge in [0.1, 0.15) is 4.90 Å². The molecule has 0 atom stereocenters. The number of aromatic nitrogens is 1. The number of sulfonamides is 1. The summed E-state index contributed by atoms with van der Waals surface area (Å²) in [6.45, 7) is 6.01. The van der Waals surface area contributed by atoms with E-state index in [2.05, 4.69) is 9.71 Å². The second-order valence-electron chi connectivity index (χ2n) is 5.04. The predicted octanol–water partition coefficient (Wildman–Crippen LogP) is 3.31. The number of nitrogens with zero attached hydrogens (tertiary/aromatic N) is 1. The Morgan fingerprint density at radius 2 is 1.95 bits per heavy atom. The Bertz CT molecular complexity index is 695. The summed E-state index contributed by atoms with van der Waals surface area (Å²) in [7, 11) is -3.60. The Morgan fingerprint density at radius 1 is 1.20 bits per heavy atom. The molecule has 0 radical (unpaired) electrons. The molecule has 106 valence electrons. The molecule has 20 heavy (non-hydrogen) atoms. The number of rotatable bonds is 4. The summed E-state index contributed by atoms with van der Waals surface area (Å²) in [5, 5.41) is 0. The zero-order valence-electron chi connectivity index (χ0n) is 11.8. The van der Waals surface area contributed by atoms with Gasteiger partial charge in [0.25, 0.3) is 10.0 Å². The van der Waals surface area contributed by atoms with E-state index in [9.17, 15) is 8.42 Å².